The molecule has 28 heavy (non-hydrogen) atoms. The second-order valence-corrected chi connectivity index (χ2v) is 7.50. The molecule has 0 fully saturated rings. The summed E-state index contributed by atoms with van der Waals surface area (Å²) in [5.41, 5.74) is 0.516. The number of carbonyl (C=O) groups excluding carboxylic acids is 2. The van der Waals surface area contributed by atoms with E-state index in [0.29, 0.717) is 0 Å². The summed E-state index contributed by atoms with van der Waals surface area (Å²) in [6, 6.07) is 8.48. The van der Waals surface area contributed by atoms with Crippen molar-refractivity contribution in [2.45, 2.75) is 24.8 Å². The number of rotatable bonds is 8. The van der Waals surface area contributed by atoms with Crippen LogP contribution in [0.15, 0.2) is 53.4 Å². The Morgan fingerprint density at radius 1 is 1.11 bits per heavy atom. The van der Waals surface area contributed by atoms with Gasteiger partial charge in [0.1, 0.15) is 0 Å². The van der Waals surface area contributed by atoms with Gasteiger partial charge in [-0.15, -0.1) is 0 Å². The topological polar surface area (TPSA) is 133 Å². The minimum Gasteiger partial charge on any atom is -0.464 e. The average Bonchev–Trinajstić information content (AvgIpc) is 2.66. The third-order valence-electron chi connectivity index (χ3n) is 3.75. The second kappa shape index (κ2) is 8.72. The predicted molar refractivity (Wildman–Crippen MR) is 99.3 cm³/mol. The SMILES string of the molecule is CCOC(=O)C(NS(=O)(=O)c1ccc(C)cc1)C(=O)c1ccc([N+](=O)[O-])cc1. The molecule has 1 N–H and O–H groups in total. The molecule has 0 aliphatic rings. The van der Waals surface area contributed by atoms with Crippen molar-refractivity contribution in [1.29, 1.82) is 0 Å². The van der Waals surface area contributed by atoms with E-state index in [9.17, 15) is 28.1 Å². The van der Waals surface area contributed by atoms with E-state index in [0.717, 1.165) is 29.8 Å². The van der Waals surface area contributed by atoms with Crippen LogP contribution in [0.5, 0.6) is 0 Å². The fourth-order valence-corrected chi connectivity index (χ4v) is 3.43. The van der Waals surface area contributed by atoms with Gasteiger partial charge in [0.2, 0.25) is 10.0 Å². The molecule has 0 aliphatic carbocycles. The van der Waals surface area contributed by atoms with E-state index in [-0.39, 0.29) is 22.8 Å². The van der Waals surface area contributed by atoms with E-state index in [4.69, 9.17) is 4.74 Å². The highest BCUT2D eigenvalue weighted by molar-refractivity contribution is 7.89. The molecule has 9 nitrogen and oxygen atoms in total. The number of aryl methyl sites for hydroxylation is 1. The van der Waals surface area contributed by atoms with E-state index >= 15 is 0 Å². The third-order valence-corrected chi connectivity index (χ3v) is 5.19. The zero-order valence-electron chi connectivity index (χ0n) is 15.1. The Hall–Kier alpha value is -3.11. The molecule has 2 aromatic rings. The van der Waals surface area contributed by atoms with E-state index < -0.39 is 32.7 Å². The Morgan fingerprint density at radius 3 is 2.18 bits per heavy atom. The molecule has 0 spiro atoms. The Labute approximate surface area is 161 Å². The summed E-state index contributed by atoms with van der Waals surface area (Å²) in [4.78, 5) is 34.9. The Balaban J connectivity index is 2.36. The first-order valence-corrected chi connectivity index (χ1v) is 9.68. The van der Waals surface area contributed by atoms with Gasteiger partial charge in [0.25, 0.3) is 5.69 Å². The van der Waals surface area contributed by atoms with Crippen LogP contribution in [0, 0.1) is 17.0 Å². The van der Waals surface area contributed by atoms with Gasteiger partial charge in [-0.05, 0) is 38.1 Å². The highest BCUT2D eigenvalue weighted by Crippen LogP contribution is 2.16. The lowest BCUT2D eigenvalue weighted by Crippen LogP contribution is -2.47. The summed E-state index contributed by atoms with van der Waals surface area (Å²) >= 11 is 0. The van der Waals surface area contributed by atoms with Crippen molar-refractivity contribution in [1.82, 2.24) is 4.72 Å². The van der Waals surface area contributed by atoms with Crippen LogP contribution in [0.1, 0.15) is 22.8 Å². The molecule has 10 heteroatoms. The highest BCUT2D eigenvalue weighted by Gasteiger charge is 2.34. The minimum atomic E-state index is -4.19. The van der Waals surface area contributed by atoms with Crippen LogP contribution in [0.25, 0.3) is 0 Å². The number of hydrogen-bond acceptors (Lipinski definition) is 7. The quantitative estimate of drug-likeness (QED) is 0.233. The zero-order valence-corrected chi connectivity index (χ0v) is 15.9. The van der Waals surface area contributed by atoms with Gasteiger partial charge in [0.15, 0.2) is 11.8 Å². The summed E-state index contributed by atoms with van der Waals surface area (Å²) < 4.78 is 32.0. The van der Waals surface area contributed by atoms with Gasteiger partial charge in [0.05, 0.1) is 16.4 Å². The molecule has 2 aromatic carbocycles. The molecule has 0 saturated carbocycles. The molecule has 0 amide bonds. The summed E-state index contributed by atoms with van der Waals surface area (Å²) in [5.74, 6) is -1.95. The number of Topliss-reactive ketones (excluding diaryl/α,β-unsaturated/α-hetero) is 1. The molecular formula is C18H18N2O7S. The maximum absolute atomic E-state index is 12.7. The smallest absolute Gasteiger partial charge is 0.332 e. The van der Waals surface area contributed by atoms with Gasteiger partial charge in [-0.3, -0.25) is 14.9 Å². The van der Waals surface area contributed by atoms with Gasteiger partial charge >= 0.3 is 5.97 Å². The Morgan fingerprint density at radius 2 is 1.68 bits per heavy atom. The average molecular weight is 406 g/mol. The standard InChI is InChI=1S/C18H18N2O7S/c1-3-27-18(22)16(17(21)13-6-8-14(9-7-13)20(23)24)19-28(25,26)15-10-4-12(2)5-11-15/h4-11,16,19H,3H2,1-2H3. The van der Waals surface area contributed by atoms with Gasteiger partial charge in [-0.2, -0.15) is 4.72 Å². The number of sulfonamides is 1. The fraction of sp³-hybridized carbons (Fsp3) is 0.222. The number of carbonyl (C=O) groups is 2. The van der Waals surface area contributed by atoms with E-state index in [2.05, 4.69) is 4.72 Å². The van der Waals surface area contributed by atoms with Crippen molar-refractivity contribution < 1.29 is 27.7 Å². The largest absolute Gasteiger partial charge is 0.464 e. The molecule has 0 aliphatic heterocycles. The van der Waals surface area contributed by atoms with E-state index in [1.54, 1.807) is 19.1 Å². The lowest BCUT2D eigenvalue weighted by Gasteiger charge is -2.16. The maximum Gasteiger partial charge on any atom is 0.332 e. The van der Waals surface area contributed by atoms with Gasteiger partial charge < -0.3 is 4.74 Å². The van der Waals surface area contributed by atoms with Crippen molar-refractivity contribution in [2.24, 2.45) is 0 Å². The number of hydrogen-bond donors (Lipinski definition) is 1. The monoisotopic (exact) mass is 406 g/mol. The molecule has 1 unspecified atom stereocenters. The minimum absolute atomic E-state index is 0.0604. The summed E-state index contributed by atoms with van der Waals surface area (Å²) in [5, 5.41) is 10.7. The van der Waals surface area contributed by atoms with Gasteiger partial charge in [0, 0.05) is 17.7 Å². The molecular weight excluding hydrogens is 388 g/mol. The lowest BCUT2D eigenvalue weighted by atomic mass is 10.0. The van der Waals surface area contributed by atoms with Crippen LogP contribution in [0.3, 0.4) is 0 Å². The second-order valence-electron chi connectivity index (χ2n) is 5.79. The summed E-state index contributed by atoms with van der Waals surface area (Å²) in [6.07, 6.45) is 0. The molecule has 0 radical (unpaired) electrons. The van der Waals surface area contributed by atoms with Crippen molar-refractivity contribution in [3.05, 3.63) is 69.8 Å². The molecule has 0 aromatic heterocycles. The van der Waals surface area contributed by atoms with Crippen LogP contribution < -0.4 is 4.72 Å². The number of nitro groups is 1. The van der Waals surface area contributed by atoms with Crippen molar-refractivity contribution in [3.8, 4) is 0 Å². The van der Waals surface area contributed by atoms with Crippen LogP contribution in [-0.4, -0.2) is 37.7 Å². The number of nitrogens with one attached hydrogen (secondary N) is 1. The first-order valence-electron chi connectivity index (χ1n) is 8.20. The van der Waals surface area contributed by atoms with E-state index in [1.807, 2.05) is 0 Å². The molecule has 2 rings (SSSR count). The number of non-ortho nitro benzene ring substituents is 1. The first-order chi connectivity index (χ1) is 13.2. The number of ether oxygens (including phenoxy) is 1. The number of ketones is 1. The Bertz CT molecular complexity index is 984. The first kappa shape index (κ1) is 21.2. The maximum atomic E-state index is 12.7. The lowest BCUT2D eigenvalue weighted by molar-refractivity contribution is -0.384. The fourth-order valence-electron chi connectivity index (χ4n) is 2.29. The van der Waals surface area contributed by atoms with Crippen LogP contribution in [0.2, 0.25) is 0 Å². The van der Waals surface area contributed by atoms with Crippen LogP contribution in [-0.2, 0) is 19.6 Å². The highest BCUT2D eigenvalue weighted by atomic mass is 32.2. The predicted octanol–water partition coefficient (Wildman–Crippen LogP) is 2.00. The number of nitro benzene ring substituents is 1. The van der Waals surface area contributed by atoms with Gasteiger partial charge in [-0.25, -0.2) is 13.2 Å². The number of esters is 1. The summed E-state index contributed by atoms with van der Waals surface area (Å²) in [6.45, 7) is 3.23. The molecule has 1 atom stereocenters. The Kier molecular flexibility index (Phi) is 6.60. The molecule has 0 saturated heterocycles. The number of benzene rings is 2. The van der Waals surface area contributed by atoms with Crippen molar-refractivity contribution in [2.75, 3.05) is 6.61 Å². The molecule has 0 heterocycles. The van der Waals surface area contributed by atoms with E-state index in [1.165, 1.54) is 19.1 Å². The van der Waals surface area contributed by atoms with Crippen molar-refractivity contribution >= 4 is 27.5 Å². The van der Waals surface area contributed by atoms with Crippen LogP contribution in [0.4, 0.5) is 5.69 Å². The van der Waals surface area contributed by atoms with Crippen molar-refractivity contribution in [3.63, 3.8) is 0 Å². The normalized spacial score (nSPS) is 12.2. The molecule has 0 bridgehead atoms. The summed E-state index contributed by atoms with van der Waals surface area (Å²) in [7, 11) is -4.19. The number of nitrogens with zero attached hydrogens (tertiary/aromatic N) is 1. The van der Waals surface area contributed by atoms with Gasteiger partial charge in [-0.1, -0.05) is 17.7 Å². The zero-order chi connectivity index (χ0) is 20.9. The van der Waals surface area contributed by atoms with Crippen LogP contribution >= 0.6 is 0 Å². The molecule has 148 valence electrons. The third kappa shape index (κ3) is 4.99.